The van der Waals surface area contributed by atoms with Crippen molar-refractivity contribution in [1.82, 2.24) is 25.0 Å². The van der Waals surface area contributed by atoms with Crippen molar-refractivity contribution in [2.75, 3.05) is 13.7 Å². The predicted octanol–water partition coefficient (Wildman–Crippen LogP) is 4.82. The van der Waals surface area contributed by atoms with Crippen LogP contribution in [-0.2, 0) is 18.9 Å². The van der Waals surface area contributed by atoms with Crippen LogP contribution in [0.25, 0.3) is 10.7 Å². The minimum Gasteiger partial charge on any atom is -0.375 e. The van der Waals surface area contributed by atoms with Gasteiger partial charge in [-0.05, 0) is 18.6 Å². The highest BCUT2D eigenvalue weighted by Gasteiger charge is 2.52. The summed E-state index contributed by atoms with van der Waals surface area (Å²) < 4.78 is 27.0. The molecule has 6 rings (SSSR count). The quantitative estimate of drug-likeness (QED) is 0.313. The van der Waals surface area contributed by atoms with Crippen molar-refractivity contribution in [3.63, 3.8) is 0 Å². The Labute approximate surface area is 237 Å². The molecule has 0 spiro atoms. The van der Waals surface area contributed by atoms with E-state index < -0.39 is 36.1 Å². The largest absolute Gasteiger partial charge is 0.375 e. The first kappa shape index (κ1) is 26.3. The summed E-state index contributed by atoms with van der Waals surface area (Å²) in [7, 11) is 1.63. The van der Waals surface area contributed by atoms with E-state index in [1.165, 1.54) is 23.1 Å². The minimum absolute atomic E-state index is 0.301. The topological polar surface area (TPSA) is 117 Å². The zero-order chi connectivity index (χ0) is 26.9. The van der Waals surface area contributed by atoms with E-state index in [1.807, 2.05) is 49.5 Å². The number of thioether (sulfide) groups is 1. The first-order chi connectivity index (χ1) is 19.0. The molecule has 4 aromatic rings. The fraction of sp³-hybridized carbons (Fsp3) is 0.346. The van der Waals surface area contributed by atoms with Gasteiger partial charge >= 0.3 is 0 Å². The van der Waals surface area contributed by atoms with Crippen LogP contribution in [0.2, 0.25) is 5.15 Å². The molecule has 6 atom stereocenters. The molecule has 39 heavy (non-hydrogen) atoms. The van der Waals surface area contributed by atoms with Gasteiger partial charge in [0.1, 0.15) is 51.7 Å². The van der Waals surface area contributed by atoms with Crippen LogP contribution in [0.4, 0.5) is 0 Å². The summed E-state index contributed by atoms with van der Waals surface area (Å²) in [6, 6.07) is 13.4. The highest BCUT2D eigenvalue weighted by molar-refractivity contribution is 7.99. The Hall–Kier alpha value is -2.89. The van der Waals surface area contributed by atoms with E-state index in [-0.39, 0.29) is 0 Å². The van der Waals surface area contributed by atoms with Gasteiger partial charge in [-0.1, -0.05) is 58.9 Å². The number of benzene rings is 1. The first-order valence-electron chi connectivity index (χ1n) is 12.1. The lowest BCUT2D eigenvalue weighted by Gasteiger charge is -2.48. The van der Waals surface area contributed by atoms with Crippen LogP contribution in [0.3, 0.4) is 0 Å². The maximum atomic E-state index is 9.65. The number of methoxy groups -OCH3 is 1. The minimum atomic E-state index is -0.577. The van der Waals surface area contributed by atoms with Gasteiger partial charge in [0.25, 0.3) is 0 Å². The van der Waals surface area contributed by atoms with E-state index in [0.717, 1.165) is 11.1 Å². The van der Waals surface area contributed by atoms with Crippen molar-refractivity contribution in [3.8, 4) is 16.8 Å². The molecular weight excluding hydrogens is 560 g/mol. The molecule has 2 aliphatic rings. The van der Waals surface area contributed by atoms with Gasteiger partial charge in [0.2, 0.25) is 0 Å². The molecule has 0 N–H and O–H groups in total. The molecule has 2 saturated heterocycles. The Morgan fingerprint density at radius 3 is 2.85 bits per heavy atom. The second-order valence-electron chi connectivity index (χ2n) is 9.06. The molecule has 1 aromatic carbocycles. The fourth-order valence-corrected chi connectivity index (χ4v) is 6.94. The third-order valence-electron chi connectivity index (χ3n) is 6.50. The zero-order valence-corrected chi connectivity index (χ0v) is 23.3. The lowest BCUT2D eigenvalue weighted by molar-refractivity contribution is -0.308. The van der Waals surface area contributed by atoms with Gasteiger partial charge < -0.3 is 18.9 Å². The molecule has 0 amide bonds. The van der Waals surface area contributed by atoms with Crippen LogP contribution >= 0.6 is 34.7 Å². The Balaban J connectivity index is 1.37. The third-order valence-corrected chi connectivity index (χ3v) is 8.87. The molecule has 13 heteroatoms. The summed E-state index contributed by atoms with van der Waals surface area (Å²) in [6.07, 6.45) is 1.50. The van der Waals surface area contributed by atoms with Crippen LogP contribution in [0.5, 0.6) is 0 Å². The monoisotopic (exact) mass is 582 g/mol. The number of rotatable bonds is 6. The van der Waals surface area contributed by atoms with Crippen molar-refractivity contribution >= 4 is 34.7 Å². The average Bonchev–Trinajstić information content (AvgIpc) is 3.62. The van der Waals surface area contributed by atoms with Crippen LogP contribution in [0, 0.1) is 18.3 Å². The number of nitrogens with zero attached hydrogens (tertiary/aromatic N) is 6. The number of hydrogen-bond acceptors (Lipinski definition) is 11. The van der Waals surface area contributed by atoms with E-state index in [1.54, 1.807) is 23.4 Å². The molecule has 0 radical (unpaired) electrons. The number of ether oxygens (including phenoxy) is 4. The second kappa shape index (κ2) is 11.3. The molecule has 2 aliphatic heterocycles. The molecule has 2 fully saturated rings. The van der Waals surface area contributed by atoms with Crippen molar-refractivity contribution in [2.45, 2.75) is 47.9 Å². The zero-order valence-electron chi connectivity index (χ0n) is 20.9. The Kier molecular flexibility index (Phi) is 7.64. The van der Waals surface area contributed by atoms with E-state index in [0.29, 0.717) is 33.1 Å². The van der Waals surface area contributed by atoms with Crippen molar-refractivity contribution < 1.29 is 18.9 Å². The van der Waals surface area contributed by atoms with Crippen LogP contribution in [0.1, 0.15) is 29.2 Å². The van der Waals surface area contributed by atoms with Crippen molar-refractivity contribution in [2.24, 2.45) is 0 Å². The molecule has 0 saturated carbocycles. The van der Waals surface area contributed by atoms with Crippen LogP contribution in [0.15, 0.2) is 59.1 Å². The maximum Gasteiger partial charge on any atom is 0.184 e. The van der Waals surface area contributed by atoms with E-state index in [2.05, 4.69) is 26.3 Å². The van der Waals surface area contributed by atoms with Gasteiger partial charge in [-0.3, -0.25) is 0 Å². The molecule has 5 heterocycles. The molecule has 3 aromatic heterocycles. The summed E-state index contributed by atoms with van der Waals surface area (Å²) in [5, 5.41) is 21.3. The number of pyridine rings is 1. The number of hydrogen-bond donors (Lipinski definition) is 0. The number of nitriles is 1. The number of aryl methyl sites for hydroxylation is 1. The number of halogens is 1. The second-order valence-corrected chi connectivity index (χ2v) is 11.4. The number of aromatic nitrogens is 5. The summed E-state index contributed by atoms with van der Waals surface area (Å²) in [6.45, 7) is 2.23. The van der Waals surface area contributed by atoms with Gasteiger partial charge in [0.05, 0.1) is 12.8 Å². The maximum absolute atomic E-state index is 9.65. The normalized spacial score (nSPS) is 26.6. The van der Waals surface area contributed by atoms with E-state index >= 15 is 0 Å². The Morgan fingerprint density at radius 1 is 1.26 bits per heavy atom. The molecule has 200 valence electrons. The molecule has 4 unspecified atom stereocenters. The fourth-order valence-electron chi connectivity index (χ4n) is 4.73. The number of thiazole rings is 1. The smallest absolute Gasteiger partial charge is 0.184 e. The summed E-state index contributed by atoms with van der Waals surface area (Å²) in [5.74, 6) is 0. The lowest BCUT2D eigenvalue weighted by Crippen LogP contribution is -2.59. The first-order valence-corrected chi connectivity index (χ1v) is 14.2. The van der Waals surface area contributed by atoms with E-state index in [9.17, 15) is 5.26 Å². The van der Waals surface area contributed by atoms with Gasteiger partial charge in [0, 0.05) is 29.1 Å². The summed E-state index contributed by atoms with van der Waals surface area (Å²) in [5.41, 5.74) is 2.25. The highest BCUT2D eigenvalue weighted by Crippen LogP contribution is 2.45. The third kappa shape index (κ3) is 5.31. The van der Waals surface area contributed by atoms with Crippen LogP contribution in [-0.4, -0.2) is 62.4 Å². The summed E-state index contributed by atoms with van der Waals surface area (Å²) >= 11 is 8.83. The van der Waals surface area contributed by atoms with Crippen molar-refractivity contribution in [1.29, 1.82) is 5.26 Å². The Bertz CT molecular complexity index is 1500. The molecule has 10 nitrogen and oxygen atoms in total. The molecule has 0 aliphatic carbocycles. The van der Waals surface area contributed by atoms with Gasteiger partial charge in [0.15, 0.2) is 12.0 Å². The average molecular weight is 583 g/mol. The van der Waals surface area contributed by atoms with Gasteiger partial charge in [-0.2, -0.15) is 5.26 Å². The predicted molar refractivity (Wildman–Crippen MR) is 144 cm³/mol. The number of fused-ring (bicyclic) bond motifs is 1. The summed E-state index contributed by atoms with van der Waals surface area (Å²) in [4.78, 5) is 9.32. The van der Waals surface area contributed by atoms with E-state index in [4.69, 9.17) is 30.5 Å². The SMILES string of the molecule is COC1C(n2cc(-c3nc(Cl)cs3)nn2)[C@H]2OC(c3ccccc3)OCC2O[C@@H]1Sc1cc(C)cnc1C#N. The highest BCUT2D eigenvalue weighted by atomic mass is 35.5. The molecular formula is C26H23ClN6O4S2. The molecule has 0 bridgehead atoms. The Morgan fingerprint density at radius 2 is 2.10 bits per heavy atom. The van der Waals surface area contributed by atoms with Gasteiger partial charge in [-0.15, -0.1) is 16.4 Å². The van der Waals surface area contributed by atoms with Gasteiger partial charge in [-0.25, -0.2) is 14.6 Å². The lowest BCUT2D eigenvalue weighted by atomic mass is 9.96. The van der Waals surface area contributed by atoms with Crippen LogP contribution < -0.4 is 0 Å². The standard InChI is InChI=1S/C26H23ClN6O4S2/c1-14-8-19(16(9-28)29-10-14)39-26-23(34-2)21(33-11-17(31-32-33)24-30-20(27)13-38-24)22-18(36-26)12-35-25(37-22)15-6-4-3-5-7-15/h3-8,10-11,13,18,21-23,25-26H,12H2,1-2H3/t18?,21?,22-,23?,25?,26+/m0/s1. The van der Waals surface area contributed by atoms with Crippen molar-refractivity contribution in [3.05, 3.63) is 76.1 Å².